The molecule has 0 aliphatic heterocycles. The Labute approximate surface area is 164 Å². The van der Waals surface area contributed by atoms with Gasteiger partial charge in [0.1, 0.15) is 5.56 Å². The van der Waals surface area contributed by atoms with Crippen LogP contribution in [0.2, 0.25) is 0 Å². The quantitative estimate of drug-likeness (QED) is 0.530. The molecule has 0 spiro atoms. The molecule has 0 bridgehead atoms. The van der Waals surface area contributed by atoms with E-state index in [-0.39, 0.29) is 12.5 Å². The lowest BCUT2D eigenvalue weighted by molar-refractivity contribution is -0.159. The molecule has 10 heteroatoms. The number of rotatable bonds is 7. The van der Waals surface area contributed by atoms with E-state index in [0.29, 0.717) is 17.8 Å². The minimum absolute atomic E-state index is 0.181. The van der Waals surface area contributed by atoms with Crippen molar-refractivity contribution in [3.05, 3.63) is 41.6 Å². The number of benzene rings is 1. The number of hydrogen-bond donors (Lipinski definition) is 0. The van der Waals surface area contributed by atoms with Crippen LogP contribution in [0.5, 0.6) is 5.88 Å². The van der Waals surface area contributed by atoms with Gasteiger partial charge in [0, 0.05) is 18.4 Å². The first-order chi connectivity index (χ1) is 13.4. The molecule has 1 aromatic carbocycles. The fraction of sp³-hybridized carbons (Fsp3) is 0.474. The van der Waals surface area contributed by atoms with Gasteiger partial charge in [-0.15, -0.1) is 0 Å². The van der Waals surface area contributed by atoms with Gasteiger partial charge in [0.15, 0.2) is 6.61 Å². The number of aromatic nitrogens is 2. The Balaban J connectivity index is 2.43. The molecule has 0 aliphatic carbocycles. The van der Waals surface area contributed by atoms with Gasteiger partial charge in [-0.1, -0.05) is 26.0 Å². The molecule has 0 amide bonds. The molecule has 0 N–H and O–H groups in total. The monoisotopic (exact) mass is 421 g/mol. The Hall–Kier alpha value is -2.52. The standard InChI is InChI=1S/C19H21F6N3O/c1-4-28(14-7-5-6-13(9-14)8-12(2)3)17-26-10-15(19(23,24)25)16(27-17)29-11-18(20,21)22/h5-7,9-10,12H,4,8,11H2,1-3H3. The summed E-state index contributed by atoms with van der Waals surface area (Å²) in [6.07, 6.45) is -8.52. The number of hydrogen-bond acceptors (Lipinski definition) is 4. The Morgan fingerprint density at radius 2 is 1.79 bits per heavy atom. The van der Waals surface area contributed by atoms with Gasteiger partial charge in [-0.3, -0.25) is 0 Å². The Morgan fingerprint density at radius 3 is 2.34 bits per heavy atom. The fourth-order valence-electron chi connectivity index (χ4n) is 2.70. The lowest BCUT2D eigenvalue weighted by Crippen LogP contribution is -2.24. The summed E-state index contributed by atoms with van der Waals surface area (Å²) in [6, 6.07) is 7.29. The third-order valence-corrected chi connectivity index (χ3v) is 3.84. The van der Waals surface area contributed by atoms with E-state index in [1.54, 1.807) is 19.1 Å². The Morgan fingerprint density at radius 1 is 1.10 bits per heavy atom. The zero-order chi connectivity index (χ0) is 21.8. The molecule has 1 aromatic heterocycles. The van der Waals surface area contributed by atoms with Gasteiger partial charge in [0.05, 0.1) is 0 Å². The topological polar surface area (TPSA) is 38.2 Å². The van der Waals surface area contributed by atoms with E-state index < -0.39 is 30.4 Å². The van der Waals surface area contributed by atoms with Gasteiger partial charge >= 0.3 is 12.4 Å². The predicted molar refractivity (Wildman–Crippen MR) is 96.2 cm³/mol. The molecule has 0 unspecified atom stereocenters. The van der Waals surface area contributed by atoms with Crippen LogP contribution in [-0.4, -0.2) is 29.3 Å². The summed E-state index contributed by atoms with van der Waals surface area (Å²) < 4.78 is 81.1. The highest BCUT2D eigenvalue weighted by atomic mass is 19.4. The summed E-state index contributed by atoms with van der Waals surface area (Å²) in [5.41, 5.74) is 0.165. The third-order valence-electron chi connectivity index (χ3n) is 3.84. The number of alkyl halides is 6. The highest BCUT2D eigenvalue weighted by Crippen LogP contribution is 2.37. The van der Waals surface area contributed by atoms with E-state index in [1.165, 1.54) is 4.90 Å². The molecule has 2 rings (SSSR count). The average molecular weight is 421 g/mol. The number of nitrogens with zero attached hydrogens (tertiary/aromatic N) is 3. The van der Waals surface area contributed by atoms with Crippen LogP contribution in [-0.2, 0) is 12.6 Å². The lowest BCUT2D eigenvalue weighted by atomic mass is 10.0. The van der Waals surface area contributed by atoms with Crippen molar-refractivity contribution in [1.82, 2.24) is 9.97 Å². The molecule has 0 saturated heterocycles. The SMILES string of the molecule is CCN(c1cccc(CC(C)C)c1)c1ncc(C(F)(F)F)c(OCC(F)(F)F)n1. The highest BCUT2D eigenvalue weighted by Gasteiger charge is 2.38. The summed E-state index contributed by atoms with van der Waals surface area (Å²) in [6.45, 7) is 4.23. The van der Waals surface area contributed by atoms with Crippen molar-refractivity contribution in [3.63, 3.8) is 0 Å². The van der Waals surface area contributed by atoms with Crippen molar-refractivity contribution in [1.29, 1.82) is 0 Å². The van der Waals surface area contributed by atoms with Crippen LogP contribution in [0.1, 0.15) is 31.9 Å². The molecule has 0 radical (unpaired) electrons. The molecule has 1 heterocycles. The number of ether oxygens (including phenoxy) is 1. The van der Waals surface area contributed by atoms with Crippen molar-refractivity contribution >= 4 is 11.6 Å². The third kappa shape index (κ3) is 6.50. The van der Waals surface area contributed by atoms with E-state index >= 15 is 0 Å². The summed E-state index contributed by atoms with van der Waals surface area (Å²) in [5, 5.41) is 0. The van der Waals surface area contributed by atoms with Crippen molar-refractivity contribution in [2.24, 2.45) is 5.92 Å². The highest BCUT2D eigenvalue weighted by molar-refractivity contribution is 5.58. The minimum atomic E-state index is -4.95. The van der Waals surface area contributed by atoms with Crippen molar-refractivity contribution in [3.8, 4) is 5.88 Å². The van der Waals surface area contributed by atoms with Crippen LogP contribution < -0.4 is 9.64 Å². The molecule has 29 heavy (non-hydrogen) atoms. The zero-order valence-electron chi connectivity index (χ0n) is 16.1. The molecule has 160 valence electrons. The molecule has 0 saturated carbocycles. The van der Waals surface area contributed by atoms with Crippen molar-refractivity contribution in [2.75, 3.05) is 18.1 Å². The smallest absolute Gasteiger partial charge is 0.423 e. The fourth-order valence-corrected chi connectivity index (χ4v) is 2.70. The van der Waals surface area contributed by atoms with Crippen LogP contribution in [0.25, 0.3) is 0 Å². The van der Waals surface area contributed by atoms with Crippen LogP contribution >= 0.6 is 0 Å². The Bertz CT molecular complexity index is 820. The van der Waals surface area contributed by atoms with E-state index in [2.05, 4.69) is 14.7 Å². The van der Waals surface area contributed by atoms with Gasteiger partial charge in [-0.05, 0) is 37.0 Å². The second-order valence-electron chi connectivity index (χ2n) is 6.80. The van der Waals surface area contributed by atoms with Gasteiger partial charge in [-0.25, -0.2) is 4.98 Å². The van der Waals surface area contributed by atoms with Crippen LogP contribution in [0.15, 0.2) is 30.5 Å². The number of anilines is 2. The molecule has 0 atom stereocenters. The predicted octanol–water partition coefficient (Wildman–Crippen LogP) is 5.79. The Kier molecular flexibility index (Phi) is 6.97. The first-order valence-electron chi connectivity index (χ1n) is 8.91. The summed E-state index contributed by atoms with van der Waals surface area (Å²) in [4.78, 5) is 8.88. The summed E-state index contributed by atoms with van der Waals surface area (Å²) in [7, 11) is 0. The first kappa shape index (κ1) is 22.8. The summed E-state index contributed by atoms with van der Waals surface area (Å²) in [5.74, 6) is -0.944. The second kappa shape index (κ2) is 8.87. The van der Waals surface area contributed by atoms with E-state index in [1.807, 2.05) is 26.0 Å². The van der Waals surface area contributed by atoms with E-state index in [4.69, 9.17) is 0 Å². The normalized spacial score (nSPS) is 12.3. The second-order valence-corrected chi connectivity index (χ2v) is 6.80. The molecule has 0 fully saturated rings. The average Bonchev–Trinajstić information content (AvgIpc) is 2.59. The maximum Gasteiger partial charge on any atom is 0.423 e. The van der Waals surface area contributed by atoms with Crippen LogP contribution in [0, 0.1) is 5.92 Å². The van der Waals surface area contributed by atoms with Crippen molar-refractivity contribution in [2.45, 2.75) is 39.5 Å². The van der Waals surface area contributed by atoms with E-state index in [9.17, 15) is 26.3 Å². The molecule has 2 aromatic rings. The van der Waals surface area contributed by atoms with Gasteiger partial charge in [0.25, 0.3) is 0 Å². The summed E-state index contributed by atoms with van der Waals surface area (Å²) >= 11 is 0. The van der Waals surface area contributed by atoms with Crippen LogP contribution in [0.4, 0.5) is 38.0 Å². The van der Waals surface area contributed by atoms with Crippen molar-refractivity contribution < 1.29 is 31.1 Å². The van der Waals surface area contributed by atoms with Gasteiger partial charge in [0.2, 0.25) is 11.8 Å². The number of halogens is 6. The lowest BCUT2D eigenvalue weighted by Gasteiger charge is -2.23. The van der Waals surface area contributed by atoms with Gasteiger partial charge in [-0.2, -0.15) is 31.3 Å². The molecular weight excluding hydrogens is 400 g/mol. The minimum Gasteiger partial charge on any atom is -0.467 e. The van der Waals surface area contributed by atoms with Crippen LogP contribution in [0.3, 0.4) is 0 Å². The maximum absolute atomic E-state index is 13.1. The van der Waals surface area contributed by atoms with E-state index in [0.717, 1.165) is 12.0 Å². The first-order valence-corrected chi connectivity index (χ1v) is 8.91. The van der Waals surface area contributed by atoms with Gasteiger partial charge < -0.3 is 9.64 Å². The largest absolute Gasteiger partial charge is 0.467 e. The molecular formula is C19H21F6N3O. The molecule has 4 nitrogen and oxygen atoms in total. The molecule has 0 aliphatic rings. The zero-order valence-corrected chi connectivity index (χ0v) is 16.1. The maximum atomic E-state index is 13.1.